The average molecular weight is 271 g/mol. The topological polar surface area (TPSA) is 74.7 Å². The van der Waals surface area contributed by atoms with Gasteiger partial charge in [0, 0.05) is 7.05 Å². The van der Waals surface area contributed by atoms with Gasteiger partial charge in [0.1, 0.15) is 0 Å². The monoisotopic (exact) mass is 271 g/mol. The van der Waals surface area contributed by atoms with E-state index in [9.17, 15) is 13.2 Å². The van der Waals surface area contributed by atoms with Crippen LogP contribution < -0.4 is 4.31 Å². The summed E-state index contributed by atoms with van der Waals surface area (Å²) >= 11 is 0. The molecule has 0 fully saturated rings. The fourth-order valence-electron chi connectivity index (χ4n) is 1.51. The molecule has 5 nitrogen and oxygen atoms in total. The molecule has 1 aromatic rings. The first-order valence-electron chi connectivity index (χ1n) is 5.47. The van der Waals surface area contributed by atoms with E-state index >= 15 is 0 Å². The minimum atomic E-state index is -3.30. The van der Waals surface area contributed by atoms with E-state index in [0.29, 0.717) is 12.1 Å². The maximum Gasteiger partial charge on any atom is 0.306 e. The van der Waals surface area contributed by atoms with Crippen molar-refractivity contribution < 1.29 is 18.3 Å². The highest BCUT2D eigenvalue weighted by atomic mass is 32.2. The molecule has 100 valence electrons. The summed E-state index contributed by atoms with van der Waals surface area (Å²) in [6, 6.07) is 6.89. The second-order valence-electron chi connectivity index (χ2n) is 4.34. The second-order valence-corrected chi connectivity index (χ2v) is 6.36. The number of nitrogens with zero attached hydrogens (tertiary/aromatic N) is 1. The Labute approximate surface area is 107 Å². The van der Waals surface area contributed by atoms with Crippen LogP contribution in [0.3, 0.4) is 0 Å². The number of benzene rings is 1. The van der Waals surface area contributed by atoms with Crippen molar-refractivity contribution in [1.82, 2.24) is 0 Å². The second kappa shape index (κ2) is 5.39. The molecule has 1 atom stereocenters. The molecular formula is C12H17NO4S. The lowest BCUT2D eigenvalue weighted by molar-refractivity contribution is -0.141. The molecule has 0 radical (unpaired) electrons. The summed E-state index contributed by atoms with van der Waals surface area (Å²) in [5, 5.41) is 8.84. The maximum atomic E-state index is 11.4. The van der Waals surface area contributed by atoms with Crippen LogP contribution in [0, 0.1) is 5.92 Å². The molecule has 0 heterocycles. The van der Waals surface area contributed by atoms with Crippen molar-refractivity contribution in [2.24, 2.45) is 5.92 Å². The van der Waals surface area contributed by atoms with E-state index in [0.717, 1.165) is 11.8 Å². The smallest absolute Gasteiger partial charge is 0.306 e. The lowest BCUT2D eigenvalue weighted by Crippen LogP contribution is -2.24. The highest BCUT2D eigenvalue weighted by Crippen LogP contribution is 2.19. The highest BCUT2D eigenvalue weighted by Gasteiger charge is 2.15. The van der Waals surface area contributed by atoms with Crippen molar-refractivity contribution in [3.05, 3.63) is 29.8 Å². The lowest BCUT2D eigenvalue weighted by atomic mass is 10.0. The van der Waals surface area contributed by atoms with Gasteiger partial charge in [0.25, 0.3) is 0 Å². The Morgan fingerprint density at radius 3 is 2.56 bits per heavy atom. The van der Waals surface area contributed by atoms with Crippen LogP contribution >= 0.6 is 0 Å². The summed E-state index contributed by atoms with van der Waals surface area (Å²) in [4.78, 5) is 10.8. The largest absolute Gasteiger partial charge is 0.481 e. The Morgan fingerprint density at radius 1 is 1.44 bits per heavy atom. The highest BCUT2D eigenvalue weighted by molar-refractivity contribution is 7.92. The van der Waals surface area contributed by atoms with Gasteiger partial charge in [-0.2, -0.15) is 0 Å². The van der Waals surface area contributed by atoms with E-state index in [-0.39, 0.29) is 0 Å². The van der Waals surface area contributed by atoms with E-state index < -0.39 is 21.9 Å². The third kappa shape index (κ3) is 3.73. The van der Waals surface area contributed by atoms with E-state index in [2.05, 4.69) is 0 Å². The van der Waals surface area contributed by atoms with Crippen LogP contribution in [0.5, 0.6) is 0 Å². The summed E-state index contributed by atoms with van der Waals surface area (Å²) in [6.45, 7) is 1.62. The first-order valence-corrected chi connectivity index (χ1v) is 7.32. The molecule has 1 aromatic carbocycles. The third-order valence-electron chi connectivity index (χ3n) is 2.74. The van der Waals surface area contributed by atoms with Crippen molar-refractivity contribution in [3.8, 4) is 0 Å². The van der Waals surface area contributed by atoms with Crippen LogP contribution in [-0.2, 0) is 21.2 Å². The van der Waals surface area contributed by atoms with Crippen molar-refractivity contribution in [3.63, 3.8) is 0 Å². The van der Waals surface area contributed by atoms with Crippen molar-refractivity contribution in [2.75, 3.05) is 17.6 Å². The molecule has 0 saturated heterocycles. The van der Waals surface area contributed by atoms with Gasteiger partial charge in [-0.3, -0.25) is 9.10 Å². The molecule has 0 bridgehead atoms. The molecule has 0 amide bonds. The van der Waals surface area contributed by atoms with Crippen LogP contribution in [0.1, 0.15) is 12.5 Å². The Bertz CT molecular complexity index is 539. The van der Waals surface area contributed by atoms with E-state index in [1.165, 1.54) is 11.4 Å². The van der Waals surface area contributed by atoms with Gasteiger partial charge < -0.3 is 5.11 Å². The number of hydrogen-bond donors (Lipinski definition) is 1. The van der Waals surface area contributed by atoms with Gasteiger partial charge in [-0.25, -0.2) is 8.42 Å². The fraction of sp³-hybridized carbons (Fsp3) is 0.417. The molecule has 1 unspecified atom stereocenters. The molecule has 0 spiro atoms. The number of anilines is 1. The summed E-state index contributed by atoms with van der Waals surface area (Å²) in [5.41, 5.74) is 1.34. The number of carboxylic acids is 1. The van der Waals surface area contributed by atoms with Gasteiger partial charge in [0.15, 0.2) is 0 Å². The van der Waals surface area contributed by atoms with Crippen molar-refractivity contribution in [1.29, 1.82) is 0 Å². The minimum absolute atomic E-state index is 0.376. The van der Waals surface area contributed by atoms with Crippen molar-refractivity contribution >= 4 is 21.7 Å². The van der Waals surface area contributed by atoms with Crippen LogP contribution in [0.15, 0.2) is 24.3 Å². The average Bonchev–Trinajstić information content (AvgIpc) is 2.27. The van der Waals surface area contributed by atoms with Crippen LogP contribution in [0.2, 0.25) is 0 Å². The fourth-order valence-corrected chi connectivity index (χ4v) is 2.01. The molecule has 0 aromatic heterocycles. The number of carbonyl (C=O) groups is 1. The Morgan fingerprint density at radius 2 is 2.06 bits per heavy atom. The Balaban J connectivity index is 2.96. The van der Waals surface area contributed by atoms with Gasteiger partial charge in [-0.05, 0) is 24.1 Å². The molecule has 0 aliphatic rings. The Hall–Kier alpha value is -1.56. The summed E-state index contributed by atoms with van der Waals surface area (Å²) in [7, 11) is -1.83. The van der Waals surface area contributed by atoms with Gasteiger partial charge in [0.05, 0.1) is 17.9 Å². The summed E-state index contributed by atoms with van der Waals surface area (Å²) in [5.74, 6) is -1.36. The number of aliphatic carboxylic acids is 1. The van der Waals surface area contributed by atoms with Crippen LogP contribution in [-0.4, -0.2) is 32.8 Å². The predicted octanol–water partition coefficient (Wildman–Crippen LogP) is 1.35. The maximum absolute atomic E-state index is 11.4. The van der Waals surface area contributed by atoms with Crippen molar-refractivity contribution in [2.45, 2.75) is 13.3 Å². The zero-order valence-electron chi connectivity index (χ0n) is 10.6. The molecular weight excluding hydrogens is 254 g/mol. The molecule has 1 N–H and O–H groups in total. The van der Waals surface area contributed by atoms with E-state index in [4.69, 9.17) is 5.11 Å². The third-order valence-corrected chi connectivity index (χ3v) is 3.94. The van der Waals surface area contributed by atoms with Gasteiger partial charge in [-0.15, -0.1) is 0 Å². The molecule has 1 rings (SSSR count). The molecule has 6 heteroatoms. The lowest BCUT2D eigenvalue weighted by Gasteiger charge is -2.17. The first kappa shape index (κ1) is 14.5. The number of sulfonamides is 1. The SMILES string of the molecule is CC(Cc1cccc(N(C)S(C)(=O)=O)c1)C(=O)O. The number of carboxylic acid groups (broad SMARTS) is 1. The number of rotatable bonds is 5. The molecule has 0 saturated carbocycles. The standard InChI is InChI=1S/C12H17NO4S/c1-9(12(14)15)7-10-5-4-6-11(8-10)13(2)18(3,16)17/h4-6,8-9H,7H2,1-3H3,(H,14,15). The number of hydrogen-bond acceptors (Lipinski definition) is 3. The van der Waals surface area contributed by atoms with Gasteiger partial charge in [0.2, 0.25) is 10.0 Å². The summed E-state index contributed by atoms with van der Waals surface area (Å²) in [6.07, 6.45) is 1.50. The predicted molar refractivity (Wildman–Crippen MR) is 70.2 cm³/mol. The zero-order valence-corrected chi connectivity index (χ0v) is 11.4. The molecule has 0 aliphatic carbocycles. The van der Waals surface area contributed by atoms with Gasteiger partial charge in [-0.1, -0.05) is 19.1 Å². The summed E-state index contributed by atoms with van der Waals surface area (Å²) < 4.78 is 24.0. The first-order chi connectivity index (χ1) is 8.21. The van der Waals surface area contributed by atoms with Crippen LogP contribution in [0.4, 0.5) is 5.69 Å². The van der Waals surface area contributed by atoms with E-state index in [1.54, 1.807) is 31.2 Å². The van der Waals surface area contributed by atoms with E-state index in [1.807, 2.05) is 0 Å². The Kier molecular flexibility index (Phi) is 4.34. The molecule has 18 heavy (non-hydrogen) atoms. The molecule has 0 aliphatic heterocycles. The minimum Gasteiger partial charge on any atom is -0.481 e. The van der Waals surface area contributed by atoms with Crippen LogP contribution in [0.25, 0.3) is 0 Å². The quantitative estimate of drug-likeness (QED) is 0.877. The normalized spacial score (nSPS) is 13.1. The zero-order chi connectivity index (χ0) is 13.9. The van der Waals surface area contributed by atoms with Gasteiger partial charge >= 0.3 is 5.97 Å².